The minimum atomic E-state index is -0.738. The molecule has 0 saturated heterocycles. The number of carboxylic acid groups (broad SMARTS) is 1. The van der Waals surface area contributed by atoms with Crippen molar-refractivity contribution in [1.82, 2.24) is 19.7 Å². The van der Waals surface area contributed by atoms with Gasteiger partial charge in [-0.15, -0.1) is 0 Å². The van der Waals surface area contributed by atoms with Crippen LogP contribution in [0.25, 0.3) is 38.6 Å². The highest BCUT2D eigenvalue weighted by molar-refractivity contribution is 5.99. The van der Waals surface area contributed by atoms with E-state index in [0.29, 0.717) is 19.4 Å². The molecule has 1 unspecified atom stereocenters. The molecule has 33 heavy (non-hydrogen) atoms. The summed E-state index contributed by atoms with van der Waals surface area (Å²) in [6, 6.07) is 10.7. The van der Waals surface area contributed by atoms with E-state index in [4.69, 9.17) is 0 Å². The zero-order valence-corrected chi connectivity index (χ0v) is 18.1. The van der Waals surface area contributed by atoms with Gasteiger partial charge in [-0.2, -0.15) is 10.4 Å². The summed E-state index contributed by atoms with van der Waals surface area (Å²) in [6.07, 6.45) is 11.8. The first-order valence-electron chi connectivity index (χ1n) is 11.3. The maximum absolute atomic E-state index is 11.6. The van der Waals surface area contributed by atoms with Crippen molar-refractivity contribution in [3.05, 3.63) is 54.5 Å². The lowest BCUT2D eigenvalue weighted by Gasteiger charge is -2.20. The van der Waals surface area contributed by atoms with E-state index in [2.05, 4.69) is 45.4 Å². The first kappa shape index (κ1) is 19.7. The smallest absolute Gasteiger partial charge is 0.311 e. The molecule has 0 aliphatic heterocycles. The molecule has 2 N–H and O–H groups in total. The number of pyridine rings is 1. The third-order valence-electron chi connectivity index (χ3n) is 7.21. The highest BCUT2D eigenvalue weighted by Gasteiger charge is 2.50. The summed E-state index contributed by atoms with van der Waals surface area (Å²) in [5.41, 5.74) is 5.68. The van der Waals surface area contributed by atoms with Gasteiger partial charge in [0.25, 0.3) is 0 Å². The minimum absolute atomic E-state index is 0.0866. The summed E-state index contributed by atoms with van der Waals surface area (Å²) in [4.78, 5) is 19.5. The number of nitriles is 1. The van der Waals surface area contributed by atoms with Crippen LogP contribution >= 0.6 is 0 Å². The molecule has 0 spiro atoms. The molecule has 1 atom stereocenters. The zero-order valence-electron chi connectivity index (χ0n) is 18.1. The number of carboxylic acids is 1. The van der Waals surface area contributed by atoms with Gasteiger partial charge in [-0.1, -0.05) is 12.1 Å². The van der Waals surface area contributed by atoms with Crippen LogP contribution in [0.1, 0.15) is 37.7 Å². The molecule has 1 fully saturated rings. The molecular weight excluding hydrogens is 414 g/mol. The molecule has 2 aliphatic rings. The fourth-order valence-electron chi connectivity index (χ4n) is 5.01. The molecule has 1 aromatic carbocycles. The molecule has 4 aromatic rings. The third kappa shape index (κ3) is 3.21. The van der Waals surface area contributed by atoms with E-state index in [1.807, 2.05) is 29.3 Å². The molecule has 3 aromatic heterocycles. The van der Waals surface area contributed by atoms with Crippen LogP contribution in [0, 0.1) is 22.7 Å². The van der Waals surface area contributed by atoms with Gasteiger partial charge in [-0.05, 0) is 67.0 Å². The topological polar surface area (TPSA) is 108 Å². The number of hydrogen-bond acceptors (Lipinski definition) is 4. The molecule has 6 rings (SSSR count). The summed E-state index contributed by atoms with van der Waals surface area (Å²) in [6.45, 7) is 0.403. The van der Waals surface area contributed by atoms with Gasteiger partial charge in [0, 0.05) is 28.7 Å². The van der Waals surface area contributed by atoms with Crippen molar-refractivity contribution < 1.29 is 9.90 Å². The number of aromatic nitrogens is 4. The van der Waals surface area contributed by atoms with E-state index in [9.17, 15) is 15.2 Å². The Balaban J connectivity index is 1.43. The van der Waals surface area contributed by atoms with Gasteiger partial charge in [0.1, 0.15) is 5.65 Å². The first-order chi connectivity index (χ1) is 16.1. The van der Waals surface area contributed by atoms with Crippen molar-refractivity contribution in [1.29, 1.82) is 5.26 Å². The number of benzene rings is 1. The van der Waals surface area contributed by atoms with Crippen molar-refractivity contribution in [3.8, 4) is 17.2 Å². The number of fused-ring (bicyclic) bond motifs is 2. The molecule has 1 saturated carbocycles. The Bertz CT molecular complexity index is 1480. The van der Waals surface area contributed by atoms with Crippen LogP contribution in [-0.4, -0.2) is 30.8 Å². The van der Waals surface area contributed by atoms with E-state index in [0.717, 1.165) is 52.3 Å². The van der Waals surface area contributed by atoms with E-state index >= 15 is 0 Å². The lowest BCUT2D eigenvalue weighted by molar-refractivity contribution is -0.143. The molecule has 0 amide bonds. The van der Waals surface area contributed by atoms with Crippen LogP contribution in [0.2, 0.25) is 0 Å². The van der Waals surface area contributed by atoms with Crippen LogP contribution in [0.3, 0.4) is 0 Å². The van der Waals surface area contributed by atoms with Gasteiger partial charge in [0.15, 0.2) is 0 Å². The maximum atomic E-state index is 11.6. The highest BCUT2D eigenvalue weighted by Crippen LogP contribution is 2.47. The summed E-state index contributed by atoms with van der Waals surface area (Å²) in [5.74, 6) is -0.652. The molecule has 7 heteroatoms. The zero-order chi connectivity index (χ0) is 22.6. The minimum Gasteiger partial charge on any atom is -0.481 e. The van der Waals surface area contributed by atoms with Crippen molar-refractivity contribution in [2.75, 3.05) is 0 Å². The Morgan fingerprint density at radius 2 is 2.18 bits per heavy atom. The number of aromatic amines is 1. The van der Waals surface area contributed by atoms with E-state index in [1.54, 1.807) is 0 Å². The Kier molecular flexibility index (Phi) is 4.37. The standard InChI is InChI=1S/C26H23N5O2/c27-12-16-1-3-17(4-2-16)23-20-7-10-28-24(20)29-14-21(23)18-5-6-22-19(11-18)13-30-31(22)15-26(8-9-26)25(32)33/h3,5-7,10-11,13-14,16H,1-2,4,8-9,15H2,(H,28,29)(H,32,33). The normalized spacial score (nSPS) is 19.4. The molecule has 7 nitrogen and oxygen atoms in total. The fourth-order valence-corrected chi connectivity index (χ4v) is 5.01. The van der Waals surface area contributed by atoms with Crippen molar-refractivity contribution in [2.24, 2.45) is 11.3 Å². The lowest BCUT2D eigenvalue weighted by atomic mass is 9.84. The van der Waals surface area contributed by atoms with E-state index in [1.165, 1.54) is 11.1 Å². The van der Waals surface area contributed by atoms with Gasteiger partial charge >= 0.3 is 5.97 Å². The molecular formula is C26H23N5O2. The molecule has 3 heterocycles. The summed E-state index contributed by atoms with van der Waals surface area (Å²) >= 11 is 0. The van der Waals surface area contributed by atoms with Gasteiger partial charge in [-0.3, -0.25) is 9.48 Å². The van der Waals surface area contributed by atoms with E-state index < -0.39 is 11.4 Å². The number of allylic oxidation sites excluding steroid dienone is 2. The maximum Gasteiger partial charge on any atom is 0.311 e. The number of H-pyrrole nitrogens is 1. The number of nitrogens with zero attached hydrogens (tertiary/aromatic N) is 4. The molecule has 0 radical (unpaired) electrons. The van der Waals surface area contributed by atoms with Crippen molar-refractivity contribution in [3.63, 3.8) is 0 Å². The predicted molar refractivity (Wildman–Crippen MR) is 125 cm³/mol. The van der Waals surface area contributed by atoms with Crippen LogP contribution in [0.15, 0.2) is 48.9 Å². The van der Waals surface area contributed by atoms with Crippen LogP contribution in [0.5, 0.6) is 0 Å². The summed E-state index contributed by atoms with van der Waals surface area (Å²) < 4.78 is 1.82. The quantitative estimate of drug-likeness (QED) is 0.449. The third-order valence-corrected chi connectivity index (χ3v) is 7.21. The number of rotatable bonds is 5. The van der Waals surface area contributed by atoms with Gasteiger partial charge in [0.05, 0.1) is 35.7 Å². The largest absolute Gasteiger partial charge is 0.481 e. The van der Waals surface area contributed by atoms with Crippen LogP contribution < -0.4 is 0 Å². The van der Waals surface area contributed by atoms with Gasteiger partial charge < -0.3 is 10.1 Å². The SMILES string of the molecule is N#CC1CC=C(c2c(-c3ccc4c(cnn4CC4(C(=O)O)CC4)c3)cnc3[nH]ccc23)CC1. The fraction of sp³-hybridized carbons (Fsp3) is 0.308. The van der Waals surface area contributed by atoms with Gasteiger partial charge in [0.2, 0.25) is 0 Å². The van der Waals surface area contributed by atoms with Crippen molar-refractivity contribution in [2.45, 2.75) is 38.6 Å². The Labute approximate surface area is 190 Å². The molecule has 0 bridgehead atoms. The summed E-state index contributed by atoms with van der Waals surface area (Å²) in [5, 5.41) is 25.4. The van der Waals surface area contributed by atoms with Gasteiger partial charge in [-0.25, -0.2) is 4.98 Å². The second-order valence-electron chi connectivity index (χ2n) is 9.28. The predicted octanol–water partition coefficient (Wildman–Crippen LogP) is 5.15. The Morgan fingerprint density at radius 3 is 2.91 bits per heavy atom. The number of aliphatic carboxylic acids is 1. The first-order valence-corrected chi connectivity index (χ1v) is 11.3. The monoisotopic (exact) mass is 437 g/mol. The average Bonchev–Trinajstić information content (AvgIpc) is 3.29. The molecule has 164 valence electrons. The molecule has 2 aliphatic carbocycles. The lowest BCUT2D eigenvalue weighted by Crippen LogP contribution is -2.21. The van der Waals surface area contributed by atoms with Crippen molar-refractivity contribution >= 4 is 33.5 Å². The Hall–Kier alpha value is -3.92. The Morgan fingerprint density at radius 1 is 1.30 bits per heavy atom. The van der Waals surface area contributed by atoms with Crippen LogP contribution in [-0.2, 0) is 11.3 Å². The second kappa shape index (κ2) is 7.31. The number of hydrogen-bond donors (Lipinski definition) is 2. The number of nitrogens with one attached hydrogen (secondary N) is 1. The van der Waals surface area contributed by atoms with E-state index in [-0.39, 0.29) is 5.92 Å². The van der Waals surface area contributed by atoms with Crippen LogP contribution in [0.4, 0.5) is 0 Å². The average molecular weight is 438 g/mol. The number of carbonyl (C=O) groups is 1. The second-order valence-corrected chi connectivity index (χ2v) is 9.28. The highest BCUT2D eigenvalue weighted by atomic mass is 16.4. The summed E-state index contributed by atoms with van der Waals surface area (Å²) in [7, 11) is 0.